The van der Waals surface area contributed by atoms with E-state index in [-0.39, 0.29) is 12.6 Å². The molecule has 2 aromatic heterocycles. The molecule has 3 rings (SSSR count). The Bertz CT molecular complexity index is 875. The second-order valence-corrected chi connectivity index (χ2v) is 6.27. The third kappa shape index (κ3) is 3.84. The first-order valence-corrected chi connectivity index (χ1v) is 8.80. The summed E-state index contributed by atoms with van der Waals surface area (Å²) in [6.07, 6.45) is 0.701. The minimum Gasteiger partial charge on any atom is -0.340 e. The van der Waals surface area contributed by atoms with Crippen molar-refractivity contribution in [2.45, 2.75) is 47.2 Å². The maximum atomic E-state index is 12.4. The van der Waals surface area contributed by atoms with Crippen molar-refractivity contribution >= 4 is 17.1 Å². The van der Waals surface area contributed by atoms with Crippen LogP contribution in [0.1, 0.15) is 42.5 Å². The van der Waals surface area contributed by atoms with Gasteiger partial charge < -0.3 is 19.7 Å². The van der Waals surface area contributed by atoms with Gasteiger partial charge in [-0.2, -0.15) is 4.98 Å². The van der Waals surface area contributed by atoms with Crippen molar-refractivity contribution in [3.8, 4) is 0 Å². The van der Waals surface area contributed by atoms with Gasteiger partial charge in [-0.05, 0) is 44.0 Å². The van der Waals surface area contributed by atoms with Crippen LogP contribution >= 0.6 is 0 Å². The SMILES string of the molecule is CCc1noc(CN(CC)C(=O)NCc2nc3cc(C)c(C)cc3[nH]2)n1. The van der Waals surface area contributed by atoms with E-state index in [0.717, 1.165) is 16.9 Å². The van der Waals surface area contributed by atoms with Gasteiger partial charge >= 0.3 is 6.03 Å². The second-order valence-electron chi connectivity index (χ2n) is 6.27. The number of carbonyl (C=O) groups excluding carboxylic acids is 1. The number of rotatable bonds is 6. The molecule has 2 amide bonds. The highest BCUT2D eigenvalue weighted by Crippen LogP contribution is 2.17. The monoisotopic (exact) mass is 356 g/mol. The number of carbonyl (C=O) groups is 1. The van der Waals surface area contributed by atoms with Crippen LogP contribution < -0.4 is 5.32 Å². The zero-order valence-electron chi connectivity index (χ0n) is 15.6. The lowest BCUT2D eigenvalue weighted by molar-refractivity contribution is 0.189. The predicted octanol–water partition coefficient (Wildman–Crippen LogP) is 2.86. The summed E-state index contributed by atoms with van der Waals surface area (Å²) in [5.41, 5.74) is 4.29. The number of nitrogens with zero attached hydrogens (tertiary/aromatic N) is 4. The van der Waals surface area contributed by atoms with Crippen molar-refractivity contribution in [1.29, 1.82) is 0 Å². The Morgan fingerprint density at radius 1 is 1.23 bits per heavy atom. The molecule has 0 saturated carbocycles. The van der Waals surface area contributed by atoms with E-state index < -0.39 is 0 Å². The number of hydrogen-bond acceptors (Lipinski definition) is 5. The Kier molecular flexibility index (Phi) is 5.20. The molecule has 1 aromatic carbocycles. The smallest absolute Gasteiger partial charge is 0.318 e. The number of hydrogen-bond donors (Lipinski definition) is 2. The lowest BCUT2D eigenvalue weighted by atomic mass is 10.1. The number of aromatic nitrogens is 4. The zero-order chi connectivity index (χ0) is 18.7. The topological polar surface area (TPSA) is 99.9 Å². The molecule has 8 nitrogen and oxygen atoms in total. The van der Waals surface area contributed by atoms with Gasteiger partial charge in [0, 0.05) is 13.0 Å². The van der Waals surface area contributed by atoms with E-state index in [1.54, 1.807) is 4.90 Å². The van der Waals surface area contributed by atoms with Crippen molar-refractivity contribution in [2.75, 3.05) is 6.54 Å². The number of nitrogens with one attached hydrogen (secondary N) is 2. The summed E-state index contributed by atoms with van der Waals surface area (Å²) in [7, 11) is 0. The fourth-order valence-electron chi connectivity index (χ4n) is 2.67. The first kappa shape index (κ1) is 17.9. The molecule has 0 aliphatic rings. The van der Waals surface area contributed by atoms with E-state index in [0.29, 0.717) is 31.2 Å². The second kappa shape index (κ2) is 7.55. The van der Waals surface area contributed by atoms with Gasteiger partial charge in [0.25, 0.3) is 0 Å². The fourth-order valence-corrected chi connectivity index (χ4v) is 2.67. The van der Waals surface area contributed by atoms with E-state index in [1.807, 2.05) is 19.9 Å². The highest BCUT2D eigenvalue weighted by atomic mass is 16.5. The molecule has 0 saturated heterocycles. The number of imidazole rings is 1. The first-order chi connectivity index (χ1) is 12.5. The average molecular weight is 356 g/mol. The van der Waals surface area contributed by atoms with E-state index in [4.69, 9.17) is 4.52 Å². The minimum absolute atomic E-state index is 0.198. The molecule has 0 aliphatic heterocycles. The molecule has 0 spiro atoms. The van der Waals surface area contributed by atoms with Crippen LogP contribution in [0.15, 0.2) is 16.7 Å². The summed E-state index contributed by atoms with van der Waals surface area (Å²) in [6.45, 7) is 9.13. The Morgan fingerprint density at radius 3 is 2.69 bits per heavy atom. The first-order valence-electron chi connectivity index (χ1n) is 8.80. The molecule has 8 heteroatoms. The molecule has 0 unspecified atom stereocenters. The average Bonchev–Trinajstić information content (AvgIpc) is 3.24. The van der Waals surface area contributed by atoms with Gasteiger partial charge in [0.1, 0.15) is 12.4 Å². The molecule has 0 aliphatic carbocycles. The molecule has 0 radical (unpaired) electrons. The Hall–Kier alpha value is -2.90. The van der Waals surface area contributed by atoms with Gasteiger partial charge in [-0.1, -0.05) is 12.1 Å². The van der Waals surface area contributed by atoms with Gasteiger partial charge in [0.2, 0.25) is 5.89 Å². The van der Waals surface area contributed by atoms with Gasteiger partial charge in [-0.3, -0.25) is 0 Å². The molecular weight excluding hydrogens is 332 g/mol. The lowest BCUT2D eigenvalue weighted by Crippen LogP contribution is -2.39. The maximum Gasteiger partial charge on any atom is 0.318 e. The van der Waals surface area contributed by atoms with Crippen LogP contribution in [-0.2, 0) is 19.5 Å². The van der Waals surface area contributed by atoms with Crippen molar-refractivity contribution < 1.29 is 9.32 Å². The summed E-state index contributed by atoms with van der Waals surface area (Å²) in [5.74, 6) is 1.80. The van der Waals surface area contributed by atoms with Crippen LogP contribution in [-0.4, -0.2) is 37.6 Å². The summed E-state index contributed by atoms with van der Waals surface area (Å²) < 4.78 is 5.16. The minimum atomic E-state index is -0.198. The number of aryl methyl sites for hydroxylation is 3. The van der Waals surface area contributed by atoms with Gasteiger partial charge in [0.05, 0.1) is 17.6 Å². The van der Waals surface area contributed by atoms with Crippen LogP contribution in [0.4, 0.5) is 4.79 Å². The van der Waals surface area contributed by atoms with Gasteiger partial charge in [0.15, 0.2) is 5.82 Å². The standard InChI is InChI=1S/C18H24N6O2/c1-5-15-22-17(26-23-15)10-24(6-2)18(25)19-9-16-20-13-7-11(3)12(4)8-14(13)21-16/h7-8H,5-6,9-10H2,1-4H3,(H,19,25)(H,20,21). The summed E-state index contributed by atoms with van der Waals surface area (Å²) in [4.78, 5) is 26.1. The molecule has 0 fully saturated rings. The normalized spacial score (nSPS) is 11.1. The molecule has 2 N–H and O–H groups in total. The van der Waals surface area contributed by atoms with Crippen molar-refractivity contribution in [2.24, 2.45) is 0 Å². The molecule has 0 bridgehead atoms. The zero-order valence-corrected chi connectivity index (χ0v) is 15.6. The third-order valence-corrected chi connectivity index (χ3v) is 4.37. The van der Waals surface area contributed by atoms with Crippen LogP contribution in [0.3, 0.4) is 0 Å². The van der Waals surface area contributed by atoms with E-state index in [9.17, 15) is 4.79 Å². The Morgan fingerprint density at radius 2 is 2.00 bits per heavy atom. The summed E-state index contributed by atoms with van der Waals surface area (Å²) >= 11 is 0. The lowest BCUT2D eigenvalue weighted by Gasteiger charge is -2.18. The fraction of sp³-hybridized carbons (Fsp3) is 0.444. The van der Waals surface area contributed by atoms with Crippen molar-refractivity contribution in [1.82, 2.24) is 30.3 Å². The number of aromatic amines is 1. The summed E-state index contributed by atoms with van der Waals surface area (Å²) in [6, 6.07) is 3.92. The molecule has 2 heterocycles. The molecular formula is C18H24N6O2. The Labute approximate surface area is 152 Å². The largest absolute Gasteiger partial charge is 0.340 e. The van der Waals surface area contributed by atoms with Crippen LogP contribution in [0.25, 0.3) is 11.0 Å². The maximum absolute atomic E-state index is 12.4. The number of fused-ring (bicyclic) bond motifs is 1. The number of amides is 2. The van der Waals surface area contributed by atoms with E-state index in [2.05, 4.69) is 45.3 Å². The van der Waals surface area contributed by atoms with Crippen molar-refractivity contribution in [3.05, 3.63) is 40.8 Å². The van der Waals surface area contributed by atoms with Crippen molar-refractivity contribution in [3.63, 3.8) is 0 Å². The summed E-state index contributed by atoms with van der Waals surface area (Å²) in [5, 5.41) is 6.74. The van der Waals surface area contributed by atoms with Crippen LogP contribution in [0.2, 0.25) is 0 Å². The van der Waals surface area contributed by atoms with Gasteiger partial charge in [-0.15, -0.1) is 0 Å². The van der Waals surface area contributed by atoms with Crippen LogP contribution in [0, 0.1) is 13.8 Å². The highest BCUT2D eigenvalue weighted by molar-refractivity contribution is 5.77. The van der Waals surface area contributed by atoms with Gasteiger partial charge in [-0.25, -0.2) is 9.78 Å². The van der Waals surface area contributed by atoms with Crippen LogP contribution in [0.5, 0.6) is 0 Å². The van der Waals surface area contributed by atoms with E-state index in [1.165, 1.54) is 11.1 Å². The number of H-pyrrole nitrogens is 1. The third-order valence-electron chi connectivity index (χ3n) is 4.37. The van der Waals surface area contributed by atoms with E-state index >= 15 is 0 Å². The number of benzene rings is 1. The molecule has 3 aromatic rings. The quantitative estimate of drug-likeness (QED) is 0.707. The molecule has 0 atom stereocenters. The Balaban J connectivity index is 1.63. The predicted molar refractivity (Wildman–Crippen MR) is 97.6 cm³/mol. The molecule has 26 heavy (non-hydrogen) atoms. The highest BCUT2D eigenvalue weighted by Gasteiger charge is 2.16. The molecule has 138 valence electrons. The number of urea groups is 1.